The van der Waals surface area contributed by atoms with Crippen LogP contribution < -0.4 is 10.6 Å². The molecule has 1 unspecified atom stereocenters. The molecule has 0 aromatic heterocycles. The van der Waals surface area contributed by atoms with E-state index in [2.05, 4.69) is 0 Å². The van der Waals surface area contributed by atoms with Crippen molar-refractivity contribution in [2.75, 3.05) is 13.2 Å². The molecule has 0 radical (unpaired) electrons. The Hall–Kier alpha value is -3.60. The zero-order chi connectivity index (χ0) is 25.0. The summed E-state index contributed by atoms with van der Waals surface area (Å²) in [5, 5.41) is 21.9. The zero-order valence-electron chi connectivity index (χ0n) is 18.0. The van der Waals surface area contributed by atoms with Crippen LogP contribution >= 0.6 is 0 Å². The van der Waals surface area contributed by atoms with Crippen molar-refractivity contribution in [1.82, 2.24) is 10.6 Å². The van der Waals surface area contributed by atoms with Crippen molar-refractivity contribution in [1.29, 1.82) is 0 Å². The van der Waals surface area contributed by atoms with Crippen LogP contribution in [0.15, 0.2) is 48.5 Å². The number of aliphatic hydroxyl groups excluding tert-OH is 1. The number of ether oxygens (including phenoxy) is 1. The summed E-state index contributed by atoms with van der Waals surface area (Å²) in [6.45, 7) is -0.291. The number of alkyl carbamates (subject to hydrolysis) is 1. The second kappa shape index (κ2) is 10.1. The Morgan fingerprint density at radius 1 is 1.03 bits per heavy atom. The van der Waals surface area contributed by atoms with Crippen molar-refractivity contribution < 1.29 is 42.5 Å². The van der Waals surface area contributed by atoms with E-state index < -0.39 is 48.8 Å². The maximum Gasteiger partial charge on any atom is 0.407 e. The molecule has 0 bridgehead atoms. The predicted molar refractivity (Wildman–Crippen MR) is 114 cm³/mol. The topological polar surface area (TPSA) is 125 Å². The summed E-state index contributed by atoms with van der Waals surface area (Å²) in [6.07, 6.45) is -7.87. The fraction of sp³-hybridized carbons (Fsp3) is 0.348. The van der Waals surface area contributed by atoms with Gasteiger partial charge in [0.05, 0.1) is 6.10 Å². The molecule has 1 aliphatic carbocycles. The number of amides is 2. The van der Waals surface area contributed by atoms with Crippen molar-refractivity contribution in [2.24, 2.45) is 5.92 Å². The minimum atomic E-state index is -5.08. The fourth-order valence-corrected chi connectivity index (χ4v) is 3.83. The SMILES string of the molecule is C[C@@H](O)[C@H](NC(=O)C(CNC(=O)OCC1c2ccccc2-c2ccccc21)C(F)(F)F)C(=O)O. The Labute approximate surface area is 192 Å². The molecule has 1 aliphatic rings. The number of carboxylic acids is 1. The highest BCUT2D eigenvalue weighted by Gasteiger charge is 2.46. The molecule has 2 amide bonds. The number of alkyl halides is 3. The summed E-state index contributed by atoms with van der Waals surface area (Å²) in [6, 6.07) is 13.1. The van der Waals surface area contributed by atoms with Crippen LogP contribution in [0.1, 0.15) is 24.0 Å². The Kier molecular flexibility index (Phi) is 7.45. The minimum Gasteiger partial charge on any atom is -0.480 e. The van der Waals surface area contributed by atoms with Gasteiger partial charge in [-0.05, 0) is 29.2 Å². The van der Waals surface area contributed by atoms with Crippen molar-refractivity contribution in [3.05, 3.63) is 59.7 Å². The molecule has 0 fully saturated rings. The Morgan fingerprint density at radius 2 is 1.56 bits per heavy atom. The molecule has 4 N–H and O–H groups in total. The van der Waals surface area contributed by atoms with E-state index >= 15 is 0 Å². The molecular formula is C23H23F3N2O6. The fourth-order valence-electron chi connectivity index (χ4n) is 3.83. The third kappa shape index (κ3) is 5.48. The molecule has 2 aromatic carbocycles. The van der Waals surface area contributed by atoms with Gasteiger partial charge in [-0.25, -0.2) is 9.59 Å². The first kappa shape index (κ1) is 25.0. The first-order valence-corrected chi connectivity index (χ1v) is 10.4. The van der Waals surface area contributed by atoms with E-state index in [0.29, 0.717) is 0 Å². The van der Waals surface area contributed by atoms with E-state index in [-0.39, 0.29) is 12.5 Å². The van der Waals surface area contributed by atoms with Gasteiger partial charge in [0.15, 0.2) is 12.0 Å². The number of hydrogen-bond acceptors (Lipinski definition) is 5. The first-order chi connectivity index (χ1) is 16.0. The van der Waals surface area contributed by atoms with E-state index in [4.69, 9.17) is 9.84 Å². The molecule has 0 saturated heterocycles. The largest absolute Gasteiger partial charge is 0.480 e. The molecule has 8 nitrogen and oxygen atoms in total. The van der Waals surface area contributed by atoms with Crippen LogP contribution in [0.2, 0.25) is 0 Å². The molecule has 0 spiro atoms. The Balaban J connectivity index is 1.63. The van der Waals surface area contributed by atoms with Gasteiger partial charge >= 0.3 is 18.2 Å². The first-order valence-electron chi connectivity index (χ1n) is 10.4. The highest BCUT2D eigenvalue weighted by Crippen LogP contribution is 2.44. The van der Waals surface area contributed by atoms with Crippen LogP contribution in [0.25, 0.3) is 11.1 Å². The van der Waals surface area contributed by atoms with E-state index in [9.17, 15) is 32.7 Å². The van der Waals surface area contributed by atoms with Crippen LogP contribution in [0, 0.1) is 5.92 Å². The van der Waals surface area contributed by atoms with Gasteiger partial charge in [0.2, 0.25) is 5.91 Å². The molecule has 34 heavy (non-hydrogen) atoms. The number of halogens is 3. The maximum absolute atomic E-state index is 13.4. The Bertz CT molecular complexity index is 1030. The highest BCUT2D eigenvalue weighted by atomic mass is 19.4. The number of rotatable bonds is 8. The average Bonchev–Trinajstić information content (AvgIpc) is 3.08. The van der Waals surface area contributed by atoms with E-state index in [1.165, 1.54) is 0 Å². The number of aliphatic carboxylic acids is 1. The van der Waals surface area contributed by atoms with E-state index in [1.54, 1.807) is 5.32 Å². The molecule has 0 aliphatic heterocycles. The summed E-state index contributed by atoms with van der Waals surface area (Å²) in [4.78, 5) is 35.3. The lowest BCUT2D eigenvalue weighted by molar-refractivity contribution is -0.183. The van der Waals surface area contributed by atoms with Gasteiger partial charge in [-0.15, -0.1) is 0 Å². The van der Waals surface area contributed by atoms with Gasteiger partial charge in [-0.3, -0.25) is 4.79 Å². The molecule has 182 valence electrons. The van der Waals surface area contributed by atoms with Crippen LogP contribution in [0.3, 0.4) is 0 Å². The maximum atomic E-state index is 13.4. The number of carboxylic acid groups (broad SMARTS) is 1. The van der Waals surface area contributed by atoms with Gasteiger partial charge in [-0.1, -0.05) is 48.5 Å². The zero-order valence-corrected chi connectivity index (χ0v) is 18.0. The predicted octanol–water partition coefficient (Wildman–Crippen LogP) is 2.65. The molecular weight excluding hydrogens is 457 g/mol. The molecule has 11 heteroatoms. The lowest BCUT2D eigenvalue weighted by atomic mass is 9.98. The van der Waals surface area contributed by atoms with Crippen LogP contribution in [0.4, 0.5) is 18.0 Å². The summed E-state index contributed by atoms with van der Waals surface area (Å²) in [5.41, 5.74) is 3.79. The smallest absolute Gasteiger partial charge is 0.407 e. The third-order valence-corrected chi connectivity index (χ3v) is 5.55. The lowest BCUT2D eigenvalue weighted by Gasteiger charge is -2.23. The van der Waals surface area contributed by atoms with Crippen molar-refractivity contribution in [3.63, 3.8) is 0 Å². The number of carbonyl (C=O) groups excluding carboxylic acids is 2. The van der Waals surface area contributed by atoms with Gasteiger partial charge in [-0.2, -0.15) is 13.2 Å². The standard InChI is InChI=1S/C23H23F3N2O6/c1-12(29)19(21(31)32)28-20(30)18(23(24,25)26)10-27-22(33)34-11-17-15-8-4-2-6-13(15)14-7-3-5-9-16(14)17/h2-9,12,17-19,29H,10-11H2,1H3,(H,27,33)(H,28,30)(H,31,32)/t12-,18?,19+/m1/s1. The number of fused-ring (bicyclic) bond motifs is 3. The molecule has 2 aromatic rings. The molecule has 3 atom stereocenters. The van der Waals surface area contributed by atoms with Crippen LogP contribution in [-0.4, -0.2) is 59.7 Å². The number of hydrogen-bond donors (Lipinski definition) is 4. The summed E-state index contributed by atoms with van der Waals surface area (Å²) in [5.74, 6) is -6.44. The normalized spacial score (nSPS) is 15.4. The van der Waals surface area contributed by atoms with Crippen molar-refractivity contribution in [2.45, 2.75) is 31.2 Å². The van der Waals surface area contributed by atoms with E-state index in [1.807, 2.05) is 53.8 Å². The second-order valence-electron chi connectivity index (χ2n) is 7.87. The quantitative estimate of drug-likeness (QED) is 0.461. The Morgan fingerprint density at radius 3 is 2.03 bits per heavy atom. The van der Waals surface area contributed by atoms with Gasteiger partial charge in [0.25, 0.3) is 0 Å². The molecule has 0 saturated carbocycles. The lowest BCUT2D eigenvalue weighted by Crippen LogP contribution is -2.54. The molecule has 3 rings (SSSR count). The monoisotopic (exact) mass is 480 g/mol. The third-order valence-electron chi connectivity index (χ3n) is 5.55. The summed E-state index contributed by atoms with van der Waals surface area (Å²) in [7, 11) is 0. The highest BCUT2D eigenvalue weighted by molar-refractivity contribution is 5.86. The van der Waals surface area contributed by atoms with Gasteiger partial charge < -0.3 is 25.6 Å². The summed E-state index contributed by atoms with van der Waals surface area (Å²) < 4.78 is 45.3. The number of benzene rings is 2. The summed E-state index contributed by atoms with van der Waals surface area (Å²) >= 11 is 0. The minimum absolute atomic E-state index is 0.133. The number of carbonyl (C=O) groups is 3. The van der Waals surface area contributed by atoms with Crippen molar-refractivity contribution >= 4 is 18.0 Å². The number of aliphatic hydroxyl groups is 1. The van der Waals surface area contributed by atoms with Crippen LogP contribution in [-0.2, 0) is 14.3 Å². The van der Waals surface area contributed by atoms with Gasteiger partial charge in [0.1, 0.15) is 6.61 Å². The van der Waals surface area contributed by atoms with Crippen LogP contribution in [0.5, 0.6) is 0 Å². The van der Waals surface area contributed by atoms with E-state index in [0.717, 1.165) is 29.2 Å². The number of nitrogens with one attached hydrogen (secondary N) is 2. The van der Waals surface area contributed by atoms with Gasteiger partial charge in [0, 0.05) is 12.5 Å². The second-order valence-corrected chi connectivity index (χ2v) is 7.87. The average molecular weight is 480 g/mol. The van der Waals surface area contributed by atoms with Crippen molar-refractivity contribution in [3.8, 4) is 11.1 Å². The molecule has 0 heterocycles.